The van der Waals surface area contributed by atoms with E-state index in [9.17, 15) is 4.79 Å². The fraction of sp³-hybridized carbons (Fsp3) is 0.800. The number of aliphatic hydroxyl groups excluding tert-OH is 2. The first-order chi connectivity index (χ1) is 4.70. The molecule has 0 aliphatic heterocycles. The van der Waals surface area contributed by atoms with E-state index >= 15 is 0 Å². The number of ether oxygens (including phenoxy) is 1. The van der Waals surface area contributed by atoms with Crippen molar-refractivity contribution >= 4 is 17.6 Å². The van der Waals surface area contributed by atoms with Crippen LogP contribution >= 0.6 is 11.6 Å². The van der Waals surface area contributed by atoms with E-state index in [-0.39, 0.29) is 12.5 Å². The summed E-state index contributed by atoms with van der Waals surface area (Å²) in [4.78, 5) is 10.3. The fourth-order valence-corrected chi connectivity index (χ4v) is 0.358. The average Bonchev–Trinajstić information content (AvgIpc) is 1.99. The second-order valence-electron chi connectivity index (χ2n) is 1.65. The van der Waals surface area contributed by atoms with Gasteiger partial charge in [0.05, 0.1) is 6.61 Å². The molecule has 10 heavy (non-hydrogen) atoms. The first-order valence-corrected chi connectivity index (χ1v) is 3.24. The van der Waals surface area contributed by atoms with Crippen LogP contribution in [-0.2, 0) is 9.53 Å². The molecular formula is C5H9ClO4. The van der Waals surface area contributed by atoms with Gasteiger partial charge in [-0.15, -0.1) is 11.6 Å². The predicted molar refractivity (Wildman–Crippen MR) is 34.8 cm³/mol. The minimum Gasteiger partial charge on any atom is -0.462 e. The maximum Gasteiger partial charge on any atom is 0.320 e. The van der Waals surface area contributed by atoms with Crippen LogP contribution in [0.4, 0.5) is 0 Å². The first kappa shape index (κ1) is 9.68. The van der Waals surface area contributed by atoms with E-state index in [1.54, 1.807) is 0 Å². The molecule has 0 rings (SSSR count). The lowest BCUT2D eigenvalue weighted by Crippen LogP contribution is -2.22. The van der Waals surface area contributed by atoms with E-state index in [2.05, 4.69) is 4.74 Å². The van der Waals surface area contributed by atoms with Gasteiger partial charge in [-0.1, -0.05) is 0 Å². The van der Waals surface area contributed by atoms with Crippen LogP contribution in [0.3, 0.4) is 0 Å². The third kappa shape index (κ3) is 4.55. The Kier molecular flexibility index (Phi) is 5.29. The van der Waals surface area contributed by atoms with Crippen molar-refractivity contribution in [1.29, 1.82) is 0 Å². The number of hydrogen-bond donors (Lipinski definition) is 2. The van der Waals surface area contributed by atoms with Crippen LogP contribution in [-0.4, -0.2) is 41.4 Å². The zero-order valence-corrected chi connectivity index (χ0v) is 6.04. The number of aliphatic hydroxyl groups is 2. The van der Waals surface area contributed by atoms with Gasteiger partial charge in [0.2, 0.25) is 0 Å². The maximum atomic E-state index is 10.3. The van der Waals surface area contributed by atoms with E-state index in [0.717, 1.165) is 0 Å². The van der Waals surface area contributed by atoms with Crippen molar-refractivity contribution in [3.8, 4) is 0 Å². The number of rotatable bonds is 4. The first-order valence-electron chi connectivity index (χ1n) is 2.71. The number of esters is 1. The molecule has 0 aromatic heterocycles. The van der Waals surface area contributed by atoms with Gasteiger partial charge in [0.25, 0.3) is 0 Å². The third-order valence-electron chi connectivity index (χ3n) is 0.757. The van der Waals surface area contributed by atoms with Crippen LogP contribution in [0.25, 0.3) is 0 Å². The van der Waals surface area contributed by atoms with Crippen LogP contribution in [0.15, 0.2) is 0 Å². The van der Waals surface area contributed by atoms with Crippen LogP contribution in [0.5, 0.6) is 0 Å². The summed E-state index contributed by atoms with van der Waals surface area (Å²) in [6, 6.07) is 0. The number of carbonyl (C=O) groups excluding carboxylic acids is 1. The molecule has 0 heterocycles. The molecule has 4 nitrogen and oxygen atoms in total. The van der Waals surface area contributed by atoms with Gasteiger partial charge in [-0.25, -0.2) is 0 Å². The van der Waals surface area contributed by atoms with Gasteiger partial charge in [0, 0.05) is 0 Å². The number of carbonyl (C=O) groups is 1. The van der Waals surface area contributed by atoms with Crippen molar-refractivity contribution in [2.45, 2.75) is 6.10 Å². The molecule has 0 aromatic carbocycles. The number of alkyl halides is 1. The molecule has 0 amide bonds. The van der Waals surface area contributed by atoms with Crippen LogP contribution < -0.4 is 0 Å². The van der Waals surface area contributed by atoms with Gasteiger partial charge in [-0.05, 0) is 0 Å². The monoisotopic (exact) mass is 168 g/mol. The molecule has 0 saturated carbocycles. The third-order valence-corrected chi connectivity index (χ3v) is 0.975. The van der Waals surface area contributed by atoms with E-state index in [1.165, 1.54) is 0 Å². The van der Waals surface area contributed by atoms with Crippen molar-refractivity contribution in [3.05, 3.63) is 0 Å². The highest BCUT2D eigenvalue weighted by Crippen LogP contribution is 1.86. The Morgan fingerprint density at radius 3 is 2.70 bits per heavy atom. The lowest BCUT2D eigenvalue weighted by atomic mass is 10.4. The highest BCUT2D eigenvalue weighted by molar-refractivity contribution is 6.26. The van der Waals surface area contributed by atoms with E-state index < -0.39 is 18.7 Å². The standard InChI is InChI=1S/C5H9ClO4/c6-1-5(9)10-3-4(8)2-7/h4,7-8H,1-3H2/t4-/m1/s1. The van der Waals surface area contributed by atoms with Crippen molar-refractivity contribution in [3.63, 3.8) is 0 Å². The second-order valence-corrected chi connectivity index (χ2v) is 1.92. The molecular weight excluding hydrogens is 160 g/mol. The van der Waals surface area contributed by atoms with Crippen LogP contribution in [0, 0.1) is 0 Å². The largest absolute Gasteiger partial charge is 0.462 e. The zero-order valence-electron chi connectivity index (χ0n) is 5.29. The Bertz CT molecular complexity index is 106. The van der Waals surface area contributed by atoms with Crippen molar-refractivity contribution in [1.82, 2.24) is 0 Å². The van der Waals surface area contributed by atoms with Crippen LogP contribution in [0.2, 0.25) is 0 Å². The molecule has 60 valence electrons. The highest BCUT2D eigenvalue weighted by atomic mass is 35.5. The zero-order chi connectivity index (χ0) is 7.98. The lowest BCUT2D eigenvalue weighted by molar-refractivity contribution is -0.144. The maximum absolute atomic E-state index is 10.3. The average molecular weight is 169 g/mol. The molecule has 0 saturated heterocycles. The Morgan fingerprint density at radius 1 is 1.70 bits per heavy atom. The highest BCUT2D eigenvalue weighted by Gasteiger charge is 2.05. The minimum absolute atomic E-state index is 0.206. The second kappa shape index (κ2) is 5.46. The van der Waals surface area contributed by atoms with Gasteiger partial charge >= 0.3 is 5.97 Å². The topological polar surface area (TPSA) is 66.8 Å². The smallest absolute Gasteiger partial charge is 0.320 e. The van der Waals surface area contributed by atoms with Gasteiger partial charge in [0.15, 0.2) is 0 Å². The summed E-state index contributed by atoms with van der Waals surface area (Å²) in [6.07, 6.45) is -1.01. The Morgan fingerprint density at radius 2 is 2.30 bits per heavy atom. The lowest BCUT2D eigenvalue weighted by Gasteiger charge is -2.05. The normalized spacial score (nSPS) is 12.7. The summed E-state index contributed by atoms with van der Waals surface area (Å²) >= 11 is 5.06. The Balaban J connectivity index is 3.26. The quantitative estimate of drug-likeness (QED) is 0.423. The SMILES string of the molecule is O=C(CCl)OC[C@H](O)CO. The van der Waals surface area contributed by atoms with Gasteiger partial charge in [-0.2, -0.15) is 0 Å². The molecule has 0 aromatic rings. The molecule has 0 radical (unpaired) electrons. The van der Waals surface area contributed by atoms with E-state index in [1.807, 2.05) is 0 Å². The van der Waals surface area contributed by atoms with Gasteiger partial charge in [-0.3, -0.25) is 4.79 Å². The summed E-state index contributed by atoms with van der Waals surface area (Å²) in [5, 5.41) is 16.9. The van der Waals surface area contributed by atoms with E-state index in [4.69, 9.17) is 21.8 Å². The molecule has 0 unspecified atom stereocenters. The van der Waals surface area contributed by atoms with Crippen molar-refractivity contribution < 1.29 is 19.7 Å². The Hall–Kier alpha value is -0.320. The molecule has 0 fully saturated rings. The summed E-state index contributed by atoms with van der Waals surface area (Å²) < 4.78 is 4.36. The molecule has 1 atom stereocenters. The fourth-order valence-electron chi connectivity index (χ4n) is 0.280. The molecule has 0 spiro atoms. The molecule has 2 N–H and O–H groups in total. The molecule has 0 bridgehead atoms. The molecule has 0 aliphatic carbocycles. The summed E-state index contributed by atoms with van der Waals surface area (Å²) in [6.45, 7) is -0.627. The summed E-state index contributed by atoms with van der Waals surface area (Å²) in [5.74, 6) is -0.841. The van der Waals surface area contributed by atoms with Crippen molar-refractivity contribution in [2.24, 2.45) is 0 Å². The Labute approximate surface area is 63.4 Å². The minimum atomic E-state index is -1.01. The molecule has 5 heteroatoms. The number of halogens is 1. The van der Waals surface area contributed by atoms with E-state index in [0.29, 0.717) is 0 Å². The predicted octanol–water partition coefficient (Wildman–Crippen LogP) is -0.878. The molecule has 0 aliphatic rings. The summed E-state index contributed by atoms with van der Waals surface area (Å²) in [7, 11) is 0. The number of hydrogen-bond acceptors (Lipinski definition) is 4. The van der Waals surface area contributed by atoms with Gasteiger partial charge in [0.1, 0.15) is 18.6 Å². The summed E-state index contributed by atoms with van der Waals surface area (Å²) in [5.41, 5.74) is 0. The van der Waals surface area contributed by atoms with Crippen LogP contribution in [0.1, 0.15) is 0 Å². The van der Waals surface area contributed by atoms with Crippen molar-refractivity contribution in [2.75, 3.05) is 19.1 Å². The van der Waals surface area contributed by atoms with Gasteiger partial charge < -0.3 is 14.9 Å².